The molecule has 0 fully saturated rings. The fourth-order valence-electron chi connectivity index (χ4n) is 5.87. The number of rotatable bonds is 7. The minimum atomic E-state index is -0.460. The van der Waals surface area contributed by atoms with E-state index in [-0.39, 0.29) is 11.5 Å². The number of carbonyl (C=O) groups excluding carboxylic acids is 1. The van der Waals surface area contributed by atoms with Crippen molar-refractivity contribution in [2.24, 2.45) is 4.99 Å². The molecule has 4 aromatic carbocycles. The number of ketones is 1. The van der Waals surface area contributed by atoms with Crippen LogP contribution in [0.2, 0.25) is 0 Å². The van der Waals surface area contributed by atoms with Gasteiger partial charge in [0.25, 0.3) is 0 Å². The van der Waals surface area contributed by atoms with Gasteiger partial charge in [-0.25, -0.2) is 4.99 Å². The maximum atomic E-state index is 14.0. The summed E-state index contributed by atoms with van der Waals surface area (Å²) < 4.78 is 0. The van der Waals surface area contributed by atoms with Crippen LogP contribution in [0.4, 0.5) is 11.4 Å². The molecule has 0 heterocycles. The first-order chi connectivity index (χ1) is 19.3. The van der Waals surface area contributed by atoms with Gasteiger partial charge in [-0.3, -0.25) is 4.79 Å². The van der Waals surface area contributed by atoms with E-state index in [0.29, 0.717) is 5.70 Å². The van der Waals surface area contributed by atoms with Crippen molar-refractivity contribution in [3.8, 4) is 0 Å². The van der Waals surface area contributed by atoms with Gasteiger partial charge >= 0.3 is 0 Å². The summed E-state index contributed by atoms with van der Waals surface area (Å²) in [4.78, 5) is 19.0. The Hall–Kier alpha value is -4.18. The fourth-order valence-corrected chi connectivity index (χ4v) is 5.87. The van der Waals surface area contributed by atoms with E-state index in [9.17, 15) is 9.90 Å². The lowest BCUT2D eigenvalue weighted by Crippen LogP contribution is -2.27. The topological polar surface area (TPSA) is 61.7 Å². The second kappa shape index (κ2) is 11.1. The highest BCUT2D eigenvalue weighted by Crippen LogP contribution is 2.37. The zero-order valence-electron chi connectivity index (χ0n) is 24.4. The molecule has 0 atom stereocenters. The predicted molar refractivity (Wildman–Crippen MR) is 168 cm³/mol. The Kier molecular flexibility index (Phi) is 7.62. The Morgan fingerprint density at radius 2 is 1.18 bits per heavy atom. The van der Waals surface area contributed by atoms with Crippen LogP contribution < -0.4 is 5.32 Å². The molecule has 0 bridgehead atoms. The molecule has 40 heavy (non-hydrogen) atoms. The van der Waals surface area contributed by atoms with E-state index >= 15 is 0 Å². The minimum Gasteiger partial charge on any atom is -0.503 e. The van der Waals surface area contributed by atoms with Gasteiger partial charge in [0.05, 0.1) is 11.4 Å². The van der Waals surface area contributed by atoms with Gasteiger partial charge in [0, 0.05) is 16.8 Å². The van der Waals surface area contributed by atoms with Crippen LogP contribution in [0.15, 0.2) is 71.4 Å². The lowest BCUT2D eigenvalue weighted by Gasteiger charge is -2.25. The van der Waals surface area contributed by atoms with Gasteiger partial charge in [-0.05, 0) is 84.7 Å². The third kappa shape index (κ3) is 4.83. The number of aliphatic hydroxyl groups is 1. The molecular formula is C36H38N2O2. The quantitative estimate of drug-likeness (QED) is 0.251. The number of benzene rings is 4. The number of allylic oxidation sites excluding steroid dienone is 1. The Labute approximate surface area is 237 Å². The number of hydrogen-bond donors (Lipinski definition) is 2. The summed E-state index contributed by atoms with van der Waals surface area (Å²) in [6, 6.07) is 20.9. The van der Waals surface area contributed by atoms with E-state index < -0.39 is 5.78 Å². The second-order valence-electron chi connectivity index (χ2n) is 10.7. The van der Waals surface area contributed by atoms with E-state index in [1.165, 1.54) is 11.1 Å². The molecule has 0 amide bonds. The van der Waals surface area contributed by atoms with Crippen LogP contribution in [0.5, 0.6) is 0 Å². The van der Waals surface area contributed by atoms with Crippen molar-refractivity contribution < 1.29 is 9.90 Å². The Bertz CT molecular complexity index is 1660. The van der Waals surface area contributed by atoms with E-state index in [2.05, 4.69) is 83.3 Å². The van der Waals surface area contributed by atoms with Crippen molar-refractivity contribution in [2.45, 2.75) is 67.2 Å². The van der Waals surface area contributed by atoms with Crippen molar-refractivity contribution >= 4 is 39.3 Å². The molecule has 4 aromatic rings. The van der Waals surface area contributed by atoms with Crippen molar-refractivity contribution in [3.05, 3.63) is 111 Å². The molecule has 0 radical (unpaired) electrons. The van der Waals surface area contributed by atoms with Crippen LogP contribution >= 0.6 is 0 Å². The number of anilines is 1. The van der Waals surface area contributed by atoms with Crippen LogP contribution in [0.1, 0.15) is 72.2 Å². The van der Waals surface area contributed by atoms with Crippen molar-refractivity contribution in [1.29, 1.82) is 0 Å². The molecule has 0 spiro atoms. The number of aliphatic hydroxyl groups excluding tert-OH is 1. The molecule has 1 aliphatic carbocycles. The van der Waals surface area contributed by atoms with Gasteiger partial charge in [0.15, 0.2) is 5.76 Å². The zero-order valence-corrected chi connectivity index (χ0v) is 24.4. The number of nitrogens with zero attached hydrogens (tertiary/aromatic N) is 1. The summed E-state index contributed by atoms with van der Waals surface area (Å²) >= 11 is 0. The summed E-state index contributed by atoms with van der Waals surface area (Å²) in [6.07, 6.45) is 3.29. The maximum absolute atomic E-state index is 14.0. The number of nitrogens with one attached hydrogen (secondary N) is 1. The molecule has 0 unspecified atom stereocenters. The molecule has 1 aliphatic rings. The lowest BCUT2D eigenvalue weighted by molar-refractivity contribution is -0.111. The number of aryl methyl sites for hydroxylation is 6. The number of hydrogen-bond acceptors (Lipinski definition) is 4. The smallest absolute Gasteiger partial charge is 0.248 e. The molecule has 5 rings (SSSR count). The zero-order chi connectivity index (χ0) is 28.6. The summed E-state index contributed by atoms with van der Waals surface area (Å²) in [7, 11) is 0. The van der Waals surface area contributed by atoms with Crippen LogP contribution in [-0.4, -0.2) is 16.6 Å². The van der Waals surface area contributed by atoms with Crippen LogP contribution in [-0.2, 0) is 30.5 Å². The second-order valence-corrected chi connectivity index (χ2v) is 10.7. The first-order valence-electron chi connectivity index (χ1n) is 14.4. The van der Waals surface area contributed by atoms with Gasteiger partial charge in [-0.15, -0.1) is 0 Å². The van der Waals surface area contributed by atoms with Crippen molar-refractivity contribution in [2.75, 3.05) is 5.32 Å². The summed E-state index contributed by atoms with van der Waals surface area (Å²) in [5.41, 5.74) is 10.9. The van der Waals surface area contributed by atoms with Gasteiger partial charge in [-0.1, -0.05) is 87.4 Å². The van der Waals surface area contributed by atoms with Crippen molar-refractivity contribution in [3.63, 3.8) is 0 Å². The fraction of sp³-hybridized carbons (Fsp3) is 0.278. The summed E-state index contributed by atoms with van der Waals surface area (Å²) in [6.45, 7) is 12.7. The maximum Gasteiger partial charge on any atom is 0.248 e. The van der Waals surface area contributed by atoms with E-state index in [0.717, 1.165) is 81.2 Å². The van der Waals surface area contributed by atoms with E-state index in [4.69, 9.17) is 4.99 Å². The lowest BCUT2D eigenvalue weighted by atomic mass is 9.87. The van der Waals surface area contributed by atoms with Crippen LogP contribution in [0.3, 0.4) is 0 Å². The van der Waals surface area contributed by atoms with E-state index in [1.807, 2.05) is 24.3 Å². The largest absolute Gasteiger partial charge is 0.503 e. The van der Waals surface area contributed by atoms with Crippen LogP contribution in [0, 0.1) is 13.8 Å². The Balaban J connectivity index is 1.78. The van der Waals surface area contributed by atoms with Gasteiger partial charge in [0.1, 0.15) is 5.71 Å². The Morgan fingerprint density at radius 3 is 1.68 bits per heavy atom. The van der Waals surface area contributed by atoms with Gasteiger partial charge in [-0.2, -0.15) is 0 Å². The third-order valence-electron chi connectivity index (χ3n) is 7.93. The van der Waals surface area contributed by atoms with Gasteiger partial charge < -0.3 is 10.4 Å². The molecule has 0 aromatic heterocycles. The van der Waals surface area contributed by atoms with Crippen molar-refractivity contribution in [1.82, 2.24) is 0 Å². The molecule has 2 N–H and O–H groups in total. The number of Topliss-reactive ketones (excluding diaryl/α,β-unsaturated/α-hetero) is 1. The average Bonchev–Trinajstić information content (AvgIpc) is 2.96. The predicted octanol–water partition coefficient (Wildman–Crippen LogP) is 8.75. The minimum absolute atomic E-state index is 0.285. The first-order valence-corrected chi connectivity index (χ1v) is 14.4. The number of aliphatic imine (C=N–C) groups is 1. The molecule has 4 nitrogen and oxygen atoms in total. The monoisotopic (exact) mass is 530 g/mol. The molecular weight excluding hydrogens is 492 g/mol. The number of fused-ring (bicyclic) bond motifs is 2. The highest BCUT2D eigenvalue weighted by Gasteiger charge is 2.33. The van der Waals surface area contributed by atoms with Gasteiger partial charge in [0.2, 0.25) is 5.78 Å². The molecule has 0 saturated carbocycles. The summed E-state index contributed by atoms with van der Waals surface area (Å²) in [5.74, 6) is -0.757. The Morgan fingerprint density at radius 1 is 0.700 bits per heavy atom. The van der Waals surface area contributed by atoms with Crippen LogP contribution in [0.25, 0.3) is 16.5 Å². The molecule has 4 heteroatoms. The highest BCUT2D eigenvalue weighted by molar-refractivity contribution is 6.54. The highest BCUT2D eigenvalue weighted by atomic mass is 16.3. The molecule has 204 valence electrons. The normalized spacial score (nSPS) is 14.2. The van der Waals surface area contributed by atoms with E-state index in [1.54, 1.807) is 0 Å². The average molecular weight is 531 g/mol. The summed E-state index contributed by atoms with van der Waals surface area (Å²) in [5, 5.41) is 17.1. The third-order valence-corrected chi connectivity index (χ3v) is 7.93. The SMILES string of the molecule is CCc1cc(C)cc(CC)c1N=C1C(=O)C(O)=C(Nc2c(CC)cc(C)cc2CC)c2cc3ccccc3cc21. The standard InChI is InChI=1S/C36H38N2O2/c1-7-23-15-21(5)16-24(8-2)31(23)37-33-29-19-27-13-11-12-14-28(27)20-30(29)34(36(40)35(33)39)38-32-25(9-3)17-22(6)18-26(32)10-4/h11-20,37,39H,7-10H2,1-6H3. The first kappa shape index (κ1) is 27.4. The number of carbonyl (C=O) groups is 1. The molecule has 0 saturated heterocycles. The molecule has 0 aliphatic heterocycles.